The van der Waals surface area contributed by atoms with Gasteiger partial charge < -0.3 is 15.0 Å². The molecule has 0 aromatic heterocycles. The van der Waals surface area contributed by atoms with E-state index in [0.717, 1.165) is 18.4 Å². The highest BCUT2D eigenvalue weighted by atomic mass is 19.1. The van der Waals surface area contributed by atoms with Gasteiger partial charge in [-0.1, -0.05) is 0 Å². The van der Waals surface area contributed by atoms with E-state index in [1.807, 2.05) is 7.05 Å². The molecule has 2 aliphatic carbocycles. The summed E-state index contributed by atoms with van der Waals surface area (Å²) < 4.78 is 19.0. The molecule has 114 valence electrons. The minimum atomic E-state index is -0.281. The number of carbonyl (C=O) groups is 1. The summed E-state index contributed by atoms with van der Waals surface area (Å²) in [7, 11) is 1.81. The number of benzene rings is 1. The second-order valence-corrected chi connectivity index (χ2v) is 5.93. The quantitative estimate of drug-likeness (QED) is 0.836. The Balaban J connectivity index is 1.58. The summed E-state index contributed by atoms with van der Waals surface area (Å²) >= 11 is 0. The van der Waals surface area contributed by atoms with Crippen LogP contribution in [0.1, 0.15) is 31.2 Å². The zero-order valence-corrected chi connectivity index (χ0v) is 12.3. The molecule has 21 heavy (non-hydrogen) atoms. The summed E-state index contributed by atoms with van der Waals surface area (Å²) in [6.07, 6.45) is 4.51. The maximum Gasteiger partial charge on any atom is 0.260 e. The van der Waals surface area contributed by atoms with Gasteiger partial charge in [0.1, 0.15) is 11.6 Å². The van der Waals surface area contributed by atoms with Gasteiger partial charge in [0.25, 0.3) is 5.91 Å². The van der Waals surface area contributed by atoms with Crippen LogP contribution in [0, 0.1) is 5.82 Å². The van der Waals surface area contributed by atoms with Gasteiger partial charge in [0.15, 0.2) is 6.61 Å². The van der Waals surface area contributed by atoms with Crippen molar-refractivity contribution in [2.45, 2.75) is 44.3 Å². The van der Waals surface area contributed by atoms with Crippen LogP contribution in [0.4, 0.5) is 4.39 Å². The molecule has 1 amide bonds. The first-order chi connectivity index (χ1) is 10.1. The molecule has 2 aliphatic rings. The van der Waals surface area contributed by atoms with E-state index in [2.05, 4.69) is 5.32 Å². The molecule has 0 spiro atoms. The molecule has 1 aromatic carbocycles. The molecule has 2 fully saturated rings. The third-order valence-electron chi connectivity index (χ3n) is 4.02. The van der Waals surface area contributed by atoms with E-state index >= 15 is 0 Å². The first kappa shape index (κ1) is 14.3. The average Bonchev–Trinajstić information content (AvgIpc) is 3.36. The fourth-order valence-corrected chi connectivity index (χ4v) is 2.28. The Kier molecular flexibility index (Phi) is 4.10. The van der Waals surface area contributed by atoms with E-state index in [1.165, 1.54) is 25.0 Å². The third-order valence-corrected chi connectivity index (χ3v) is 4.02. The second-order valence-electron chi connectivity index (χ2n) is 5.93. The van der Waals surface area contributed by atoms with Gasteiger partial charge in [-0.3, -0.25) is 4.79 Å². The molecule has 0 atom stereocenters. The third kappa shape index (κ3) is 3.94. The van der Waals surface area contributed by atoms with Crippen molar-refractivity contribution in [2.24, 2.45) is 0 Å². The molecule has 0 unspecified atom stereocenters. The maximum atomic E-state index is 13.4. The van der Waals surface area contributed by atoms with Crippen LogP contribution >= 0.6 is 0 Å². The topological polar surface area (TPSA) is 41.6 Å². The van der Waals surface area contributed by atoms with E-state index < -0.39 is 0 Å². The average molecular weight is 292 g/mol. The Morgan fingerprint density at radius 3 is 2.81 bits per heavy atom. The minimum absolute atomic E-state index is 0.00899. The van der Waals surface area contributed by atoms with Gasteiger partial charge in [-0.15, -0.1) is 0 Å². The number of halogens is 1. The first-order valence-electron chi connectivity index (χ1n) is 7.54. The van der Waals surface area contributed by atoms with Crippen molar-refractivity contribution < 1.29 is 13.9 Å². The lowest BCUT2D eigenvalue weighted by Crippen LogP contribution is -2.33. The van der Waals surface area contributed by atoms with Crippen molar-refractivity contribution in [3.05, 3.63) is 29.6 Å². The highest BCUT2D eigenvalue weighted by molar-refractivity contribution is 5.78. The predicted molar refractivity (Wildman–Crippen MR) is 77.5 cm³/mol. The maximum absolute atomic E-state index is 13.4. The van der Waals surface area contributed by atoms with Gasteiger partial charge in [0.05, 0.1) is 0 Å². The van der Waals surface area contributed by atoms with Crippen LogP contribution in [0.2, 0.25) is 0 Å². The summed E-state index contributed by atoms with van der Waals surface area (Å²) in [6.45, 7) is 0.583. The first-order valence-corrected chi connectivity index (χ1v) is 7.54. The molecule has 5 heteroatoms. The van der Waals surface area contributed by atoms with Crippen LogP contribution < -0.4 is 10.1 Å². The summed E-state index contributed by atoms with van der Waals surface area (Å²) in [5.41, 5.74) is 0.767. The molecular formula is C16H21FN2O2. The highest BCUT2D eigenvalue weighted by Gasteiger charge is 2.29. The van der Waals surface area contributed by atoms with Gasteiger partial charge in [-0.2, -0.15) is 0 Å². The van der Waals surface area contributed by atoms with E-state index in [4.69, 9.17) is 4.74 Å². The molecule has 0 aliphatic heterocycles. The van der Waals surface area contributed by atoms with Gasteiger partial charge in [-0.05, 0) is 43.9 Å². The summed E-state index contributed by atoms with van der Waals surface area (Å²) in [5, 5.41) is 3.34. The molecule has 2 saturated carbocycles. The van der Waals surface area contributed by atoms with Crippen LogP contribution in [0.3, 0.4) is 0 Å². The van der Waals surface area contributed by atoms with E-state index in [9.17, 15) is 9.18 Å². The van der Waals surface area contributed by atoms with Gasteiger partial charge in [0, 0.05) is 31.2 Å². The lowest BCUT2D eigenvalue weighted by molar-refractivity contribution is -0.132. The van der Waals surface area contributed by atoms with Crippen molar-refractivity contribution in [3.8, 4) is 5.75 Å². The molecule has 1 aromatic rings. The van der Waals surface area contributed by atoms with Gasteiger partial charge >= 0.3 is 0 Å². The molecule has 4 nitrogen and oxygen atoms in total. The Hall–Kier alpha value is -1.62. The number of hydrogen-bond donors (Lipinski definition) is 1. The summed E-state index contributed by atoms with van der Waals surface area (Å²) in [4.78, 5) is 13.7. The van der Waals surface area contributed by atoms with Crippen molar-refractivity contribution in [3.63, 3.8) is 0 Å². The molecule has 0 radical (unpaired) electrons. The number of likely N-dealkylation sites (N-methyl/N-ethyl adjacent to an activating group) is 1. The Morgan fingerprint density at radius 1 is 1.38 bits per heavy atom. The number of nitrogens with zero attached hydrogens (tertiary/aromatic N) is 1. The Morgan fingerprint density at radius 2 is 2.14 bits per heavy atom. The fraction of sp³-hybridized carbons (Fsp3) is 0.562. The number of ether oxygens (including phenoxy) is 1. The number of nitrogens with one attached hydrogen (secondary N) is 1. The summed E-state index contributed by atoms with van der Waals surface area (Å²) in [5.74, 6) is 0.279. The van der Waals surface area contributed by atoms with Crippen molar-refractivity contribution in [1.29, 1.82) is 0 Å². The normalized spacial score (nSPS) is 17.6. The minimum Gasteiger partial charge on any atom is -0.483 e. The van der Waals surface area contributed by atoms with E-state index in [-0.39, 0.29) is 18.3 Å². The van der Waals surface area contributed by atoms with Crippen LogP contribution in [-0.4, -0.2) is 36.5 Å². The monoisotopic (exact) mass is 292 g/mol. The van der Waals surface area contributed by atoms with Gasteiger partial charge in [-0.25, -0.2) is 4.39 Å². The number of amides is 1. The lowest BCUT2D eigenvalue weighted by atomic mass is 10.2. The van der Waals surface area contributed by atoms with E-state index in [1.54, 1.807) is 11.0 Å². The second kappa shape index (κ2) is 6.02. The molecule has 3 rings (SSSR count). The van der Waals surface area contributed by atoms with E-state index in [0.29, 0.717) is 24.4 Å². The standard InChI is InChI=1S/C16H21FN2O2/c1-19(14-5-6-14)16(20)10-21-15-7-2-12(17)8-11(15)9-18-13-3-4-13/h2,7-8,13-14,18H,3-6,9-10H2,1H3. The highest BCUT2D eigenvalue weighted by Crippen LogP contribution is 2.26. The molecule has 0 saturated heterocycles. The largest absolute Gasteiger partial charge is 0.483 e. The van der Waals surface area contributed by atoms with Crippen LogP contribution in [0.15, 0.2) is 18.2 Å². The van der Waals surface area contributed by atoms with Gasteiger partial charge in [0.2, 0.25) is 0 Å². The van der Waals surface area contributed by atoms with Crippen molar-refractivity contribution in [2.75, 3.05) is 13.7 Å². The fourth-order valence-electron chi connectivity index (χ4n) is 2.28. The van der Waals surface area contributed by atoms with Crippen LogP contribution in [-0.2, 0) is 11.3 Å². The molecule has 1 N–H and O–H groups in total. The SMILES string of the molecule is CN(C(=O)COc1ccc(F)cc1CNC1CC1)C1CC1. The number of carbonyl (C=O) groups excluding carboxylic acids is 1. The number of rotatable bonds is 7. The Labute approximate surface area is 124 Å². The van der Waals surface area contributed by atoms with Crippen LogP contribution in [0.5, 0.6) is 5.75 Å². The van der Waals surface area contributed by atoms with Crippen molar-refractivity contribution >= 4 is 5.91 Å². The zero-order valence-electron chi connectivity index (χ0n) is 12.3. The smallest absolute Gasteiger partial charge is 0.260 e. The predicted octanol–water partition coefficient (Wildman–Crippen LogP) is 2.08. The molecule has 0 bridgehead atoms. The zero-order chi connectivity index (χ0) is 14.8. The summed E-state index contributed by atoms with van der Waals surface area (Å²) in [6, 6.07) is 5.36. The van der Waals surface area contributed by atoms with Crippen LogP contribution in [0.25, 0.3) is 0 Å². The number of hydrogen-bond acceptors (Lipinski definition) is 3. The van der Waals surface area contributed by atoms with Crippen molar-refractivity contribution in [1.82, 2.24) is 10.2 Å². The molecular weight excluding hydrogens is 271 g/mol. The lowest BCUT2D eigenvalue weighted by Gasteiger charge is -2.17. The molecule has 0 heterocycles. The Bertz CT molecular complexity index is 527.